The Labute approximate surface area is 134 Å². The van der Waals surface area contributed by atoms with Crippen molar-refractivity contribution < 1.29 is 4.74 Å². The molecule has 3 rings (SSSR count). The summed E-state index contributed by atoms with van der Waals surface area (Å²) in [5.41, 5.74) is 2.50. The topological polar surface area (TPSA) is 45.0 Å². The summed E-state index contributed by atoms with van der Waals surface area (Å²) in [5, 5.41) is 13.0. The minimum absolute atomic E-state index is 0.147. The summed E-state index contributed by atoms with van der Waals surface area (Å²) in [7, 11) is 0. The van der Waals surface area contributed by atoms with Crippen LogP contribution in [-0.4, -0.2) is 12.6 Å². The second kappa shape index (κ2) is 6.81. The molecule has 4 heteroatoms. The summed E-state index contributed by atoms with van der Waals surface area (Å²) < 4.78 is 6.89. The second-order valence-corrected chi connectivity index (χ2v) is 6.93. The molecule has 2 aliphatic rings. The van der Waals surface area contributed by atoms with Gasteiger partial charge < -0.3 is 10.1 Å². The zero-order chi connectivity index (χ0) is 14.7. The first-order chi connectivity index (χ1) is 10.3. The fraction of sp³-hybridized carbons (Fsp3) is 0.588. The lowest BCUT2D eigenvalue weighted by Crippen LogP contribution is -2.34. The molecular formula is C17H21BrN2O. The molecule has 112 valence electrons. The van der Waals surface area contributed by atoms with Gasteiger partial charge in [-0.15, -0.1) is 0 Å². The van der Waals surface area contributed by atoms with Gasteiger partial charge in [-0.1, -0.05) is 35.2 Å². The van der Waals surface area contributed by atoms with E-state index in [9.17, 15) is 5.26 Å². The van der Waals surface area contributed by atoms with Gasteiger partial charge in [0, 0.05) is 29.0 Å². The molecule has 0 aromatic heterocycles. The van der Waals surface area contributed by atoms with E-state index >= 15 is 0 Å². The van der Waals surface area contributed by atoms with Gasteiger partial charge in [0.05, 0.1) is 18.6 Å². The van der Waals surface area contributed by atoms with E-state index in [0.717, 1.165) is 42.6 Å². The minimum Gasteiger partial charge on any atom is -0.493 e. The van der Waals surface area contributed by atoms with Crippen LogP contribution in [0.4, 0.5) is 0 Å². The summed E-state index contributed by atoms with van der Waals surface area (Å²) in [4.78, 5) is 0. The van der Waals surface area contributed by atoms with Crippen LogP contribution in [0.5, 0.6) is 5.75 Å². The Hall–Kier alpha value is -1.05. The van der Waals surface area contributed by atoms with Crippen LogP contribution in [-0.2, 0) is 13.0 Å². The van der Waals surface area contributed by atoms with Crippen molar-refractivity contribution in [2.45, 2.75) is 51.1 Å². The average Bonchev–Trinajstić information content (AvgIpc) is 2.82. The van der Waals surface area contributed by atoms with Gasteiger partial charge >= 0.3 is 0 Å². The predicted molar refractivity (Wildman–Crippen MR) is 86.2 cm³/mol. The maximum absolute atomic E-state index is 9.36. The molecular weight excluding hydrogens is 328 g/mol. The van der Waals surface area contributed by atoms with Crippen molar-refractivity contribution in [2.24, 2.45) is 5.92 Å². The Morgan fingerprint density at radius 1 is 1.29 bits per heavy atom. The van der Waals surface area contributed by atoms with Crippen molar-refractivity contribution in [3.05, 3.63) is 27.7 Å². The van der Waals surface area contributed by atoms with Crippen molar-refractivity contribution in [1.82, 2.24) is 5.32 Å². The summed E-state index contributed by atoms with van der Waals surface area (Å²) >= 11 is 3.58. The molecule has 0 saturated heterocycles. The highest BCUT2D eigenvalue weighted by molar-refractivity contribution is 9.10. The molecule has 0 spiro atoms. The van der Waals surface area contributed by atoms with Crippen molar-refractivity contribution >= 4 is 15.9 Å². The second-order valence-electron chi connectivity index (χ2n) is 6.01. The number of rotatable bonds is 3. The molecule has 1 aromatic rings. The van der Waals surface area contributed by atoms with Crippen LogP contribution in [0.1, 0.15) is 43.2 Å². The number of nitriles is 1. The molecule has 2 atom stereocenters. The summed E-state index contributed by atoms with van der Waals surface area (Å²) in [5.74, 6) is 1.20. The molecule has 0 amide bonds. The third-order valence-corrected chi connectivity index (χ3v) is 5.02. The first kappa shape index (κ1) is 14.9. The van der Waals surface area contributed by atoms with Crippen molar-refractivity contribution in [1.29, 1.82) is 5.26 Å². The Morgan fingerprint density at radius 3 is 3.00 bits per heavy atom. The number of benzene rings is 1. The maximum atomic E-state index is 9.36. The van der Waals surface area contributed by atoms with E-state index in [-0.39, 0.29) is 5.92 Å². The van der Waals surface area contributed by atoms with Crippen LogP contribution in [0, 0.1) is 17.2 Å². The van der Waals surface area contributed by atoms with Crippen molar-refractivity contribution in [2.75, 3.05) is 6.61 Å². The number of nitrogens with one attached hydrogen (secondary N) is 1. The SMILES string of the molecule is N#CC1CCCCCC1NCc1cc(Br)cc2c1OCC2. The Kier molecular flexibility index (Phi) is 4.82. The summed E-state index contributed by atoms with van der Waals surface area (Å²) in [6.45, 7) is 1.56. The fourth-order valence-corrected chi connectivity index (χ4v) is 3.98. The molecule has 0 bridgehead atoms. The lowest BCUT2D eigenvalue weighted by atomic mass is 9.96. The van der Waals surface area contributed by atoms with Gasteiger partial charge in [-0.2, -0.15) is 5.26 Å². The number of halogens is 1. The minimum atomic E-state index is 0.147. The van der Waals surface area contributed by atoms with Gasteiger partial charge in [-0.25, -0.2) is 0 Å². The molecule has 1 heterocycles. The summed E-state index contributed by atoms with van der Waals surface area (Å²) in [6, 6.07) is 7.09. The highest BCUT2D eigenvalue weighted by atomic mass is 79.9. The smallest absolute Gasteiger partial charge is 0.127 e. The van der Waals surface area contributed by atoms with E-state index in [2.05, 4.69) is 39.4 Å². The molecule has 1 N–H and O–H groups in total. The number of hydrogen-bond donors (Lipinski definition) is 1. The fourth-order valence-electron chi connectivity index (χ4n) is 3.42. The Bertz CT molecular complexity index is 552. The van der Waals surface area contributed by atoms with Crippen LogP contribution in [0.2, 0.25) is 0 Å². The Morgan fingerprint density at radius 2 is 2.14 bits per heavy atom. The number of hydrogen-bond acceptors (Lipinski definition) is 3. The van der Waals surface area contributed by atoms with Crippen LogP contribution in [0.15, 0.2) is 16.6 Å². The van der Waals surface area contributed by atoms with E-state index in [1.54, 1.807) is 0 Å². The van der Waals surface area contributed by atoms with Crippen LogP contribution in [0.25, 0.3) is 0 Å². The van der Waals surface area contributed by atoms with Crippen LogP contribution < -0.4 is 10.1 Å². The lowest BCUT2D eigenvalue weighted by molar-refractivity contribution is 0.347. The van der Waals surface area contributed by atoms with E-state index in [1.807, 2.05) is 0 Å². The van der Waals surface area contributed by atoms with E-state index in [0.29, 0.717) is 6.04 Å². The third kappa shape index (κ3) is 3.41. The molecule has 2 unspecified atom stereocenters. The number of nitrogens with zero attached hydrogens (tertiary/aromatic N) is 1. The van der Waals surface area contributed by atoms with Gasteiger partial charge in [-0.3, -0.25) is 0 Å². The zero-order valence-corrected chi connectivity index (χ0v) is 13.8. The zero-order valence-electron chi connectivity index (χ0n) is 12.2. The lowest BCUT2D eigenvalue weighted by Gasteiger charge is -2.21. The van der Waals surface area contributed by atoms with Gasteiger partial charge in [0.2, 0.25) is 0 Å². The third-order valence-electron chi connectivity index (χ3n) is 4.56. The standard InChI is InChI=1S/C17H21BrN2O/c18-15-8-12-6-7-21-17(12)14(9-15)11-20-16-5-3-1-2-4-13(16)10-19/h8-9,13,16,20H,1-7,11H2. The van der Waals surface area contributed by atoms with E-state index in [4.69, 9.17) is 4.74 Å². The van der Waals surface area contributed by atoms with Crippen molar-refractivity contribution in [3.63, 3.8) is 0 Å². The highest BCUT2D eigenvalue weighted by Crippen LogP contribution is 2.33. The normalized spacial score (nSPS) is 24.8. The quantitative estimate of drug-likeness (QED) is 0.841. The summed E-state index contributed by atoms with van der Waals surface area (Å²) in [6.07, 6.45) is 6.79. The predicted octanol–water partition coefficient (Wildman–Crippen LogP) is 3.95. The van der Waals surface area contributed by atoms with Crippen molar-refractivity contribution in [3.8, 4) is 11.8 Å². The van der Waals surface area contributed by atoms with Gasteiger partial charge in [-0.05, 0) is 30.5 Å². The molecule has 1 aliphatic heterocycles. The first-order valence-electron chi connectivity index (χ1n) is 7.85. The highest BCUT2D eigenvalue weighted by Gasteiger charge is 2.24. The molecule has 1 fully saturated rings. The largest absolute Gasteiger partial charge is 0.493 e. The average molecular weight is 349 g/mol. The molecule has 0 radical (unpaired) electrons. The van der Waals surface area contributed by atoms with Gasteiger partial charge in [0.1, 0.15) is 5.75 Å². The molecule has 3 nitrogen and oxygen atoms in total. The maximum Gasteiger partial charge on any atom is 0.127 e. The molecule has 1 saturated carbocycles. The van der Waals surface area contributed by atoms with Crippen LogP contribution in [0.3, 0.4) is 0 Å². The number of ether oxygens (including phenoxy) is 1. The monoisotopic (exact) mass is 348 g/mol. The van der Waals surface area contributed by atoms with Gasteiger partial charge in [0.15, 0.2) is 0 Å². The Balaban J connectivity index is 1.71. The molecule has 1 aliphatic carbocycles. The number of fused-ring (bicyclic) bond motifs is 1. The van der Waals surface area contributed by atoms with E-state index in [1.165, 1.54) is 30.4 Å². The van der Waals surface area contributed by atoms with Crippen LogP contribution >= 0.6 is 15.9 Å². The van der Waals surface area contributed by atoms with E-state index < -0.39 is 0 Å². The molecule has 1 aromatic carbocycles. The molecule has 21 heavy (non-hydrogen) atoms. The first-order valence-corrected chi connectivity index (χ1v) is 8.64. The van der Waals surface area contributed by atoms with Gasteiger partial charge in [0.25, 0.3) is 0 Å².